The highest BCUT2D eigenvalue weighted by atomic mass is 79.9. The fraction of sp³-hybridized carbons (Fsp3) is 0.125. The first-order valence-electron chi connectivity index (χ1n) is 3.26. The van der Waals surface area contributed by atoms with E-state index in [-0.39, 0.29) is 0 Å². The Balaban J connectivity index is 2.63. The topological polar surface area (TPSA) is 24.9 Å². The van der Waals surface area contributed by atoms with Gasteiger partial charge in [0.25, 0.3) is 0 Å². The molecule has 2 nitrogen and oxygen atoms in total. The number of halogens is 1. The Bertz CT molecular complexity index is 248. The van der Waals surface area contributed by atoms with E-state index in [1.165, 1.54) is 0 Å². The monoisotopic (exact) mass is 212 g/mol. The summed E-state index contributed by atoms with van der Waals surface area (Å²) in [6, 6.07) is 2.02. The summed E-state index contributed by atoms with van der Waals surface area (Å²) in [5.41, 5.74) is 1.14. The van der Waals surface area contributed by atoms with Gasteiger partial charge in [-0.2, -0.15) is 0 Å². The van der Waals surface area contributed by atoms with E-state index in [0.717, 1.165) is 16.6 Å². The van der Waals surface area contributed by atoms with Gasteiger partial charge in [-0.25, -0.2) is 0 Å². The highest BCUT2D eigenvalue weighted by molar-refractivity contribution is 9.10. The molecule has 0 saturated heterocycles. The summed E-state index contributed by atoms with van der Waals surface area (Å²) in [7, 11) is 0. The molecule has 0 amide bonds. The molecule has 0 aliphatic heterocycles. The van der Waals surface area contributed by atoms with E-state index in [1.807, 2.05) is 12.3 Å². The predicted octanol–water partition coefficient (Wildman–Crippen LogP) is 2.08. The van der Waals surface area contributed by atoms with Gasteiger partial charge in [-0.3, -0.25) is 4.98 Å². The normalized spacial score (nSPS) is 9.18. The van der Waals surface area contributed by atoms with E-state index >= 15 is 0 Å². The van der Waals surface area contributed by atoms with Crippen molar-refractivity contribution < 1.29 is 0 Å². The molecule has 0 aromatic carbocycles. The quantitative estimate of drug-likeness (QED) is 0.831. The van der Waals surface area contributed by atoms with Gasteiger partial charge >= 0.3 is 0 Å². The highest BCUT2D eigenvalue weighted by Crippen LogP contribution is 2.08. The lowest BCUT2D eigenvalue weighted by Crippen LogP contribution is -2.03. The van der Waals surface area contributed by atoms with Gasteiger partial charge in [-0.05, 0) is 33.8 Å². The molecule has 0 saturated carbocycles. The second kappa shape index (κ2) is 4.13. The third-order valence-electron chi connectivity index (χ3n) is 1.21. The van der Waals surface area contributed by atoms with Gasteiger partial charge in [0.1, 0.15) is 0 Å². The molecule has 0 aliphatic rings. The zero-order chi connectivity index (χ0) is 8.10. The van der Waals surface area contributed by atoms with Crippen LogP contribution in [0.15, 0.2) is 35.7 Å². The summed E-state index contributed by atoms with van der Waals surface area (Å²) >= 11 is 3.34. The van der Waals surface area contributed by atoms with Crippen LogP contribution in [0.3, 0.4) is 0 Å². The van der Waals surface area contributed by atoms with Crippen molar-refractivity contribution in [2.75, 3.05) is 0 Å². The van der Waals surface area contributed by atoms with Gasteiger partial charge in [0.05, 0.1) is 0 Å². The van der Waals surface area contributed by atoms with Crippen LogP contribution in [0, 0.1) is 0 Å². The first-order chi connectivity index (χ1) is 5.33. The van der Waals surface area contributed by atoms with Crippen molar-refractivity contribution in [2.24, 2.45) is 0 Å². The summed E-state index contributed by atoms with van der Waals surface area (Å²) in [6.07, 6.45) is 5.25. The molecule has 0 radical (unpaired) electrons. The van der Waals surface area contributed by atoms with Crippen molar-refractivity contribution in [3.05, 3.63) is 41.3 Å². The summed E-state index contributed by atoms with van der Waals surface area (Å²) < 4.78 is 1.00. The fourth-order valence-corrected chi connectivity index (χ4v) is 1.15. The lowest BCUT2D eigenvalue weighted by atomic mass is 10.3. The Morgan fingerprint density at radius 3 is 3.09 bits per heavy atom. The summed E-state index contributed by atoms with van der Waals surface area (Å²) in [6.45, 7) is 4.33. The molecule has 1 heterocycles. The standard InChI is InChI=1S/C8H9BrN2/c1-2-10-4-7-3-8(9)6-11-5-7/h2-3,5-6,10H,1,4H2. The molecular weight excluding hydrogens is 204 g/mol. The zero-order valence-corrected chi connectivity index (χ0v) is 7.63. The number of hydrogen-bond acceptors (Lipinski definition) is 2. The number of nitrogens with one attached hydrogen (secondary N) is 1. The minimum Gasteiger partial charge on any atom is -0.387 e. The van der Waals surface area contributed by atoms with Crippen molar-refractivity contribution in [1.29, 1.82) is 0 Å². The first kappa shape index (κ1) is 8.27. The summed E-state index contributed by atoms with van der Waals surface area (Å²) in [4.78, 5) is 4.02. The number of rotatable bonds is 3. The molecule has 3 heteroatoms. The minimum atomic E-state index is 0.774. The van der Waals surface area contributed by atoms with Crippen LogP contribution in [0.4, 0.5) is 0 Å². The van der Waals surface area contributed by atoms with Crippen LogP contribution >= 0.6 is 15.9 Å². The molecule has 0 atom stereocenters. The van der Waals surface area contributed by atoms with Crippen molar-refractivity contribution in [2.45, 2.75) is 6.54 Å². The minimum absolute atomic E-state index is 0.774. The fourth-order valence-electron chi connectivity index (χ4n) is 0.743. The third-order valence-corrected chi connectivity index (χ3v) is 1.65. The molecule has 1 N–H and O–H groups in total. The first-order valence-corrected chi connectivity index (χ1v) is 4.06. The Labute approximate surface area is 74.5 Å². The van der Waals surface area contributed by atoms with Crippen LogP contribution in [0.5, 0.6) is 0 Å². The number of nitrogens with zero attached hydrogens (tertiary/aromatic N) is 1. The maximum Gasteiger partial charge on any atom is 0.0410 e. The average Bonchev–Trinajstić information content (AvgIpc) is 2.01. The number of pyridine rings is 1. The van der Waals surface area contributed by atoms with Gasteiger partial charge in [-0.1, -0.05) is 6.58 Å². The summed E-state index contributed by atoms with van der Waals surface area (Å²) in [5, 5.41) is 2.99. The largest absolute Gasteiger partial charge is 0.387 e. The summed E-state index contributed by atoms with van der Waals surface area (Å²) in [5.74, 6) is 0. The highest BCUT2D eigenvalue weighted by Gasteiger charge is 1.91. The van der Waals surface area contributed by atoms with Crippen LogP contribution in [0.2, 0.25) is 0 Å². The molecule has 58 valence electrons. The molecule has 1 aromatic heterocycles. The van der Waals surface area contributed by atoms with Gasteiger partial charge in [0.2, 0.25) is 0 Å². The van der Waals surface area contributed by atoms with Gasteiger partial charge in [0, 0.05) is 23.4 Å². The van der Waals surface area contributed by atoms with Crippen molar-refractivity contribution in [3.8, 4) is 0 Å². The molecule has 0 bridgehead atoms. The van der Waals surface area contributed by atoms with Crippen molar-refractivity contribution >= 4 is 15.9 Å². The Morgan fingerprint density at radius 1 is 1.64 bits per heavy atom. The molecule has 11 heavy (non-hydrogen) atoms. The van der Waals surface area contributed by atoms with Gasteiger partial charge < -0.3 is 5.32 Å². The lowest BCUT2D eigenvalue weighted by Gasteiger charge is -1.99. The molecular formula is C8H9BrN2. The van der Waals surface area contributed by atoms with E-state index < -0.39 is 0 Å². The molecule has 0 aliphatic carbocycles. The maximum absolute atomic E-state index is 4.02. The molecule has 0 spiro atoms. The van der Waals surface area contributed by atoms with Crippen molar-refractivity contribution in [3.63, 3.8) is 0 Å². The Hall–Kier alpha value is -0.830. The second-order valence-electron chi connectivity index (χ2n) is 2.10. The zero-order valence-electron chi connectivity index (χ0n) is 6.05. The molecule has 1 rings (SSSR count). The van der Waals surface area contributed by atoms with E-state index in [2.05, 4.69) is 32.8 Å². The number of hydrogen-bond donors (Lipinski definition) is 1. The molecule has 0 unspecified atom stereocenters. The van der Waals surface area contributed by atoms with Crippen LogP contribution in [0.25, 0.3) is 0 Å². The van der Waals surface area contributed by atoms with Crippen molar-refractivity contribution in [1.82, 2.24) is 10.3 Å². The van der Waals surface area contributed by atoms with Gasteiger partial charge in [-0.15, -0.1) is 0 Å². The average molecular weight is 213 g/mol. The Morgan fingerprint density at radius 2 is 2.45 bits per heavy atom. The second-order valence-corrected chi connectivity index (χ2v) is 3.01. The predicted molar refractivity (Wildman–Crippen MR) is 49.0 cm³/mol. The molecule has 1 aromatic rings. The maximum atomic E-state index is 4.02. The molecule has 0 fully saturated rings. The van der Waals surface area contributed by atoms with E-state index in [9.17, 15) is 0 Å². The van der Waals surface area contributed by atoms with Crippen LogP contribution in [0.1, 0.15) is 5.56 Å². The van der Waals surface area contributed by atoms with Crippen LogP contribution < -0.4 is 5.32 Å². The number of aromatic nitrogens is 1. The Kier molecular flexibility index (Phi) is 3.11. The van der Waals surface area contributed by atoms with E-state index in [4.69, 9.17) is 0 Å². The third kappa shape index (κ3) is 2.72. The van der Waals surface area contributed by atoms with E-state index in [1.54, 1.807) is 12.4 Å². The SMILES string of the molecule is C=CNCc1cncc(Br)c1. The smallest absolute Gasteiger partial charge is 0.0410 e. The van der Waals surface area contributed by atoms with Crippen LogP contribution in [-0.2, 0) is 6.54 Å². The lowest BCUT2D eigenvalue weighted by molar-refractivity contribution is 0.865. The van der Waals surface area contributed by atoms with E-state index in [0.29, 0.717) is 0 Å². The van der Waals surface area contributed by atoms with Gasteiger partial charge in [0.15, 0.2) is 0 Å². The van der Waals surface area contributed by atoms with Crippen LogP contribution in [-0.4, -0.2) is 4.98 Å².